The molecule has 1 heterocycles. The summed E-state index contributed by atoms with van der Waals surface area (Å²) in [7, 11) is 0. The van der Waals surface area contributed by atoms with Crippen LogP contribution in [0.25, 0.3) is 0 Å². The zero-order chi connectivity index (χ0) is 20.6. The SMILES string of the molecule is CC[C@@H](NC(=O)c1ccc(NCc2cccnc2)c([N+](=O)[O-])c1)c1ccccc1. The molecule has 0 spiro atoms. The second-order valence-electron chi connectivity index (χ2n) is 6.55. The van der Waals surface area contributed by atoms with Gasteiger partial charge in [0.25, 0.3) is 11.6 Å². The first-order valence-electron chi connectivity index (χ1n) is 9.35. The first-order chi connectivity index (χ1) is 14.1. The summed E-state index contributed by atoms with van der Waals surface area (Å²) in [5.74, 6) is -0.345. The Hall–Kier alpha value is -3.74. The van der Waals surface area contributed by atoms with Gasteiger partial charge in [-0.1, -0.05) is 43.3 Å². The summed E-state index contributed by atoms with van der Waals surface area (Å²) in [6, 6.07) is 17.6. The van der Waals surface area contributed by atoms with Crippen molar-refractivity contribution in [2.75, 3.05) is 5.32 Å². The van der Waals surface area contributed by atoms with Gasteiger partial charge in [-0.05, 0) is 35.7 Å². The van der Waals surface area contributed by atoms with Crippen LogP contribution in [0.1, 0.15) is 40.9 Å². The van der Waals surface area contributed by atoms with Gasteiger partial charge in [0.15, 0.2) is 0 Å². The maximum Gasteiger partial charge on any atom is 0.293 e. The number of amides is 1. The van der Waals surface area contributed by atoms with E-state index in [4.69, 9.17) is 0 Å². The van der Waals surface area contributed by atoms with Crippen LogP contribution in [-0.4, -0.2) is 15.8 Å². The largest absolute Gasteiger partial charge is 0.375 e. The summed E-state index contributed by atoms with van der Waals surface area (Å²) in [4.78, 5) is 27.8. The van der Waals surface area contributed by atoms with Gasteiger partial charge in [-0.15, -0.1) is 0 Å². The summed E-state index contributed by atoms with van der Waals surface area (Å²) >= 11 is 0. The van der Waals surface area contributed by atoms with E-state index in [0.29, 0.717) is 18.7 Å². The van der Waals surface area contributed by atoms with Crippen molar-refractivity contribution in [2.24, 2.45) is 0 Å². The van der Waals surface area contributed by atoms with Crippen LogP contribution in [0.5, 0.6) is 0 Å². The number of aromatic nitrogens is 1. The number of carbonyl (C=O) groups is 1. The van der Waals surface area contributed by atoms with Gasteiger partial charge < -0.3 is 10.6 Å². The number of hydrogen-bond acceptors (Lipinski definition) is 5. The molecule has 7 nitrogen and oxygen atoms in total. The maximum absolute atomic E-state index is 12.7. The fourth-order valence-corrected chi connectivity index (χ4v) is 3.02. The van der Waals surface area contributed by atoms with Crippen molar-refractivity contribution in [2.45, 2.75) is 25.9 Å². The summed E-state index contributed by atoms with van der Waals surface area (Å²) < 4.78 is 0. The molecule has 3 aromatic rings. The molecule has 1 amide bonds. The van der Waals surface area contributed by atoms with Crippen LogP contribution >= 0.6 is 0 Å². The normalized spacial score (nSPS) is 11.5. The molecule has 29 heavy (non-hydrogen) atoms. The van der Waals surface area contributed by atoms with Crippen molar-refractivity contribution in [1.29, 1.82) is 0 Å². The first-order valence-corrected chi connectivity index (χ1v) is 9.35. The van der Waals surface area contributed by atoms with Crippen molar-refractivity contribution in [3.63, 3.8) is 0 Å². The Morgan fingerprint density at radius 3 is 2.59 bits per heavy atom. The molecule has 2 aromatic carbocycles. The van der Waals surface area contributed by atoms with Crippen LogP contribution in [0.3, 0.4) is 0 Å². The fraction of sp³-hybridized carbons (Fsp3) is 0.182. The van der Waals surface area contributed by atoms with E-state index in [9.17, 15) is 14.9 Å². The van der Waals surface area contributed by atoms with E-state index >= 15 is 0 Å². The van der Waals surface area contributed by atoms with E-state index in [-0.39, 0.29) is 23.2 Å². The Balaban J connectivity index is 1.76. The van der Waals surface area contributed by atoms with Crippen molar-refractivity contribution in [3.8, 4) is 0 Å². The molecule has 0 saturated carbocycles. The number of nitro benzene ring substituents is 1. The highest BCUT2D eigenvalue weighted by Crippen LogP contribution is 2.27. The standard InChI is InChI=1S/C22H22N4O3/c1-2-19(17-8-4-3-5-9-17)25-22(27)18-10-11-20(21(13-18)26(28)29)24-15-16-7-6-12-23-14-16/h3-14,19,24H,2,15H2,1H3,(H,25,27)/t19-/m1/s1. The molecule has 0 aliphatic carbocycles. The van der Waals surface area contributed by atoms with Gasteiger partial charge >= 0.3 is 0 Å². The summed E-state index contributed by atoms with van der Waals surface area (Å²) in [5.41, 5.74) is 2.35. The number of rotatable bonds is 8. The molecule has 1 atom stereocenters. The molecule has 0 aliphatic heterocycles. The van der Waals surface area contributed by atoms with Crippen LogP contribution in [0.4, 0.5) is 11.4 Å². The average Bonchev–Trinajstić information content (AvgIpc) is 2.77. The van der Waals surface area contributed by atoms with E-state index in [1.165, 1.54) is 6.07 Å². The zero-order valence-corrected chi connectivity index (χ0v) is 16.0. The van der Waals surface area contributed by atoms with E-state index < -0.39 is 4.92 Å². The second-order valence-corrected chi connectivity index (χ2v) is 6.55. The number of nitrogens with one attached hydrogen (secondary N) is 2. The smallest absolute Gasteiger partial charge is 0.293 e. The summed E-state index contributed by atoms with van der Waals surface area (Å²) in [6.07, 6.45) is 4.07. The molecule has 0 aliphatic rings. The fourth-order valence-electron chi connectivity index (χ4n) is 3.02. The Kier molecular flexibility index (Phi) is 6.52. The third-order valence-corrected chi connectivity index (χ3v) is 4.58. The van der Waals surface area contributed by atoms with E-state index in [1.807, 2.05) is 43.3 Å². The van der Waals surface area contributed by atoms with Gasteiger partial charge in [0.05, 0.1) is 11.0 Å². The predicted octanol–water partition coefficient (Wildman–Crippen LogP) is 4.48. The minimum Gasteiger partial charge on any atom is -0.375 e. The molecule has 0 unspecified atom stereocenters. The molecular weight excluding hydrogens is 368 g/mol. The van der Waals surface area contributed by atoms with Crippen LogP contribution in [-0.2, 0) is 6.54 Å². The molecule has 148 valence electrons. The lowest BCUT2D eigenvalue weighted by molar-refractivity contribution is -0.384. The van der Waals surface area contributed by atoms with E-state index in [1.54, 1.807) is 30.6 Å². The van der Waals surface area contributed by atoms with Crippen LogP contribution < -0.4 is 10.6 Å². The van der Waals surface area contributed by atoms with E-state index in [0.717, 1.165) is 11.1 Å². The number of nitrogens with zero attached hydrogens (tertiary/aromatic N) is 2. The van der Waals surface area contributed by atoms with Gasteiger partial charge in [0, 0.05) is 30.6 Å². The number of hydrogen-bond donors (Lipinski definition) is 2. The van der Waals surface area contributed by atoms with Crippen LogP contribution in [0, 0.1) is 10.1 Å². The number of carbonyl (C=O) groups excluding carboxylic acids is 1. The van der Waals surface area contributed by atoms with Gasteiger partial charge in [-0.25, -0.2) is 0 Å². The molecule has 2 N–H and O–H groups in total. The monoisotopic (exact) mass is 390 g/mol. The van der Waals surface area contributed by atoms with Gasteiger partial charge in [0.2, 0.25) is 0 Å². The molecular formula is C22H22N4O3. The lowest BCUT2D eigenvalue weighted by Crippen LogP contribution is -2.28. The molecule has 1 aromatic heterocycles. The molecule has 0 fully saturated rings. The molecule has 0 radical (unpaired) electrons. The predicted molar refractivity (Wildman–Crippen MR) is 112 cm³/mol. The van der Waals surface area contributed by atoms with Crippen molar-refractivity contribution in [1.82, 2.24) is 10.3 Å². The minimum atomic E-state index is -0.489. The maximum atomic E-state index is 12.7. The van der Waals surface area contributed by atoms with Crippen LogP contribution in [0.15, 0.2) is 73.1 Å². The quantitative estimate of drug-likeness (QED) is 0.436. The minimum absolute atomic E-state index is 0.144. The van der Waals surface area contributed by atoms with Crippen molar-refractivity contribution < 1.29 is 9.72 Å². The summed E-state index contributed by atoms with van der Waals surface area (Å²) in [5, 5.41) is 17.5. The van der Waals surface area contributed by atoms with Gasteiger partial charge in [-0.2, -0.15) is 0 Å². The average molecular weight is 390 g/mol. The molecule has 0 saturated heterocycles. The van der Waals surface area contributed by atoms with Gasteiger partial charge in [0.1, 0.15) is 5.69 Å². The highest BCUT2D eigenvalue weighted by molar-refractivity contribution is 5.96. The third-order valence-electron chi connectivity index (χ3n) is 4.58. The Labute approximate surface area is 169 Å². The topological polar surface area (TPSA) is 97.2 Å². The van der Waals surface area contributed by atoms with Crippen LogP contribution in [0.2, 0.25) is 0 Å². The number of pyridine rings is 1. The van der Waals surface area contributed by atoms with Crippen molar-refractivity contribution >= 4 is 17.3 Å². The number of anilines is 1. The third kappa shape index (κ3) is 5.16. The summed E-state index contributed by atoms with van der Waals surface area (Å²) in [6.45, 7) is 2.37. The first kappa shape index (κ1) is 20.0. The lowest BCUT2D eigenvalue weighted by atomic mass is 10.0. The molecule has 0 bridgehead atoms. The van der Waals surface area contributed by atoms with E-state index in [2.05, 4.69) is 15.6 Å². The Bertz CT molecular complexity index is 978. The molecule has 7 heteroatoms. The second kappa shape index (κ2) is 9.45. The zero-order valence-electron chi connectivity index (χ0n) is 16.0. The number of benzene rings is 2. The highest BCUT2D eigenvalue weighted by Gasteiger charge is 2.19. The highest BCUT2D eigenvalue weighted by atomic mass is 16.6. The number of nitro groups is 1. The van der Waals surface area contributed by atoms with Crippen molar-refractivity contribution in [3.05, 3.63) is 99.9 Å². The van der Waals surface area contributed by atoms with Gasteiger partial charge in [-0.3, -0.25) is 19.9 Å². The lowest BCUT2D eigenvalue weighted by Gasteiger charge is -2.17. The Morgan fingerprint density at radius 2 is 1.93 bits per heavy atom. The molecule has 3 rings (SSSR count). The Morgan fingerprint density at radius 1 is 1.14 bits per heavy atom.